The van der Waals surface area contributed by atoms with Crippen LogP contribution < -0.4 is 21.3 Å². The summed E-state index contributed by atoms with van der Waals surface area (Å²) in [7, 11) is 0. The number of phenols is 1. The average Bonchev–Trinajstić information content (AvgIpc) is 3.43. The van der Waals surface area contributed by atoms with Crippen molar-refractivity contribution in [3.8, 4) is 5.75 Å². The van der Waals surface area contributed by atoms with Crippen LogP contribution in [-0.4, -0.2) is 70.0 Å². The van der Waals surface area contributed by atoms with Crippen molar-refractivity contribution in [3.63, 3.8) is 0 Å². The van der Waals surface area contributed by atoms with E-state index in [0.717, 1.165) is 22.0 Å². The molecule has 3 atom stereocenters. The van der Waals surface area contributed by atoms with Gasteiger partial charge in [-0.1, -0.05) is 60.7 Å². The normalized spacial score (nSPS) is 12.8. The quantitative estimate of drug-likeness (QED) is 0.0999. The van der Waals surface area contributed by atoms with Gasteiger partial charge in [0.2, 0.25) is 24.1 Å². The molecule has 4 aromatic rings. The van der Waals surface area contributed by atoms with E-state index < -0.39 is 48.4 Å². The molecule has 0 fully saturated rings. The van der Waals surface area contributed by atoms with Crippen LogP contribution in [0.1, 0.15) is 16.7 Å². The van der Waals surface area contributed by atoms with Crippen molar-refractivity contribution >= 4 is 41.0 Å². The van der Waals surface area contributed by atoms with Gasteiger partial charge < -0.3 is 36.5 Å². The predicted octanol–water partition coefficient (Wildman–Crippen LogP) is 1.19. The fourth-order valence-electron chi connectivity index (χ4n) is 4.77. The molecule has 0 aliphatic heterocycles. The number of aromatic nitrogens is 1. The number of hydrogen-bond acceptors (Lipinski definition) is 6. The molecule has 0 aliphatic carbocycles. The molecule has 12 heteroatoms. The third-order valence-electron chi connectivity index (χ3n) is 7.03. The number of carbonyl (C=O) groups excluding carboxylic acids is 4. The third-order valence-corrected chi connectivity index (χ3v) is 7.03. The highest BCUT2D eigenvalue weighted by Gasteiger charge is 2.28. The first-order valence-corrected chi connectivity index (χ1v) is 13.9. The summed E-state index contributed by atoms with van der Waals surface area (Å²) >= 11 is 0. The molecule has 4 amide bonds. The number of hydrogen-bond donors (Lipinski definition) is 7. The summed E-state index contributed by atoms with van der Waals surface area (Å²) in [5.74, 6) is -3.25. The molecule has 0 bridgehead atoms. The van der Waals surface area contributed by atoms with Gasteiger partial charge in [-0.3, -0.25) is 19.2 Å². The number of carboxylic acid groups (broad SMARTS) is 1. The third kappa shape index (κ3) is 8.68. The second-order valence-electron chi connectivity index (χ2n) is 10.2. The van der Waals surface area contributed by atoms with Gasteiger partial charge in [-0.2, -0.15) is 0 Å². The van der Waals surface area contributed by atoms with E-state index in [4.69, 9.17) is 0 Å². The van der Waals surface area contributed by atoms with Crippen LogP contribution in [0, 0.1) is 0 Å². The van der Waals surface area contributed by atoms with E-state index in [9.17, 15) is 34.2 Å². The first-order chi connectivity index (χ1) is 21.2. The van der Waals surface area contributed by atoms with Gasteiger partial charge in [0.05, 0.1) is 6.54 Å². The van der Waals surface area contributed by atoms with E-state index >= 15 is 0 Å². The number of aromatic amines is 1. The fraction of sp³-hybridized carbons (Fsp3) is 0.219. The SMILES string of the molecule is O=CN[C@@H](Cc1ccccc1)C(=O)NC(Cc1c[nH]c2ccccc12)C(=O)NCC(=O)NC(Cc1ccc(O)cc1)C(=O)O. The maximum Gasteiger partial charge on any atom is 0.326 e. The predicted molar refractivity (Wildman–Crippen MR) is 161 cm³/mol. The summed E-state index contributed by atoms with van der Waals surface area (Å²) in [6.45, 7) is -0.543. The molecule has 12 nitrogen and oxygen atoms in total. The highest BCUT2D eigenvalue weighted by Crippen LogP contribution is 2.19. The molecule has 44 heavy (non-hydrogen) atoms. The van der Waals surface area contributed by atoms with Gasteiger partial charge in [-0.25, -0.2) is 4.79 Å². The van der Waals surface area contributed by atoms with Crippen LogP contribution in [0.5, 0.6) is 5.75 Å². The molecule has 0 radical (unpaired) electrons. The highest BCUT2D eigenvalue weighted by molar-refractivity contribution is 5.94. The Hall–Kier alpha value is -5.65. The fourth-order valence-corrected chi connectivity index (χ4v) is 4.77. The summed E-state index contributed by atoms with van der Waals surface area (Å²) in [4.78, 5) is 65.6. The summed E-state index contributed by atoms with van der Waals surface area (Å²) in [5.41, 5.74) is 2.96. The monoisotopic (exact) mass is 599 g/mol. The molecule has 7 N–H and O–H groups in total. The van der Waals surface area contributed by atoms with E-state index in [1.165, 1.54) is 12.1 Å². The second kappa shape index (κ2) is 15.0. The molecule has 0 saturated heterocycles. The van der Waals surface area contributed by atoms with Crippen LogP contribution >= 0.6 is 0 Å². The number of H-pyrrole nitrogens is 1. The van der Waals surface area contributed by atoms with Gasteiger partial charge in [-0.15, -0.1) is 0 Å². The molecule has 0 aliphatic rings. The molecule has 0 saturated carbocycles. The Balaban J connectivity index is 1.45. The van der Waals surface area contributed by atoms with E-state index in [-0.39, 0.29) is 25.0 Å². The minimum atomic E-state index is -1.28. The minimum absolute atomic E-state index is 0.0231. The van der Waals surface area contributed by atoms with Crippen LogP contribution in [-0.2, 0) is 43.2 Å². The molecule has 1 aromatic heterocycles. The molecule has 2 unspecified atom stereocenters. The molecular weight excluding hydrogens is 566 g/mol. The van der Waals surface area contributed by atoms with Gasteiger partial charge in [0.25, 0.3) is 0 Å². The van der Waals surface area contributed by atoms with E-state index in [2.05, 4.69) is 26.3 Å². The molecule has 1 heterocycles. The van der Waals surface area contributed by atoms with Crippen LogP contribution in [0.15, 0.2) is 85.1 Å². The van der Waals surface area contributed by atoms with Gasteiger partial charge in [0.1, 0.15) is 23.9 Å². The Bertz CT molecular complexity index is 1600. The van der Waals surface area contributed by atoms with Crippen molar-refractivity contribution in [2.24, 2.45) is 0 Å². The summed E-state index contributed by atoms with van der Waals surface area (Å²) in [6.07, 6.45) is 2.37. The minimum Gasteiger partial charge on any atom is -0.508 e. The zero-order valence-corrected chi connectivity index (χ0v) is 23.7. The lowest BCUT2D eigenvalue weighted by atomic mass is 10.0. The Morgan fingerprint density at radius 1 is 0.750 bits per heavy atom. The number of para-hydroxylation sites is 1. The molecule has 228 valence electrons. The van der Waals surface area contributed by atoms with Crippen LogP contribution in [0.4, 0.5) is 0 Å². The van der Waals surface area contributed by atoms with Crippen LogP contribution in [0.25, 0.3) is 10.9 Å². The van der Waals surface area contributed by atoms with Crippen molar-refractivity contribution < 1.29 is 34.2 Å². The molecular formula is C32H33N5O7. The van der Waals surface area contributed by atoms with Crippen LogP contribution in [0.2, 0.25) is 0 Å². The maximum atomic E-state index is 13.4. The topological polar surface area (TPSA) is 190 Å². The summed E-state index contributed by atoms with van der Waals surface area (Å²) in [6, 6.07) is 19.1. The first kappa shape index (κ1) is 31.3. The summed E-state index contributed by atoms with van der Waals surface area (Å²) < 4.78 is 0. The van der Waals surface area contributed by atoms with Gasteiger partial charge in [-0.05, 0) is 34.9 Å². The maximum absolute atomic E-state index is 13.4. The van der Waals surface area contributed by atoms with Crippen molar-refractivity contribution in [2.45, 2.75) is 37.4 Å². The van der Waals surface area contributed by atoms with E-state index in [1.54, 1.807) is 18.3 Å². The second-order valence-corrected chi connectivity index (χ2v) is 10.2. The highest BCUT2D eigenvalue weighted by atomic mass is 16.4. The number of carbonyl (C=O) groups is 5. The smallest absolute Gasteiger partial charge is 0.326 e. The van der Waals surface area contributed by atoms with Crippen molar-refractivity contribution in [3.05, 3.63) is 102 Å². The number of aliphatic carboxylic acids is 1. The number of aromatic hydroxyl groups is 1. The zero-order valence-electron chi connectivity index (χ0n) is 23.7. The van der Waals surface area contributed by atoms with Gasteiger partial charge >= 0.3 is 5.97 Å². The number of carboxylic acids is 1. The number of phenolic OH excluding ortho intramolecular Hbond substituents is 1. The van der Waals surface area contributed by atoms with Gasteiger partial charge in [0.15, 0.2) is 0 Å². The molecule has 4 rings (SSSR count). The largest absolute Gasteiger partial charge is 0.508 e. The van der Waals surface area contributed by atoms with Crippen molar-refractivity contribution in [1.82, 2.24) is 26.3 Å². The van der Waals surface area contributed by atoms with Gasteiger partial charge in [0, 0.05) is 36.4 Å². The lowest BCUT2D eigenvalue weighted by Crippen LogP contribution is -2.55. The van der Waals surface area contributed by atoms with Crippen molar-refractivity contribution in [1.29, 1.82) is 0 Å². The Labute approximate surface area is 252 Å². The Morgan fingerprint density at radius 3 is 2.11 bits per heavy atom. The number of fused-ring (bicyclic) bond motifs is 1. The summed E-state index contributed by atoms with van der Waals surface area (Å²) in [5, 5.41) is 30.0. The molecule has 3 aromatic carbocycles. The lowest BCUT2D eigenvalue weighted by Gasteiger charge is -2.22. The Morgan fingerprint density at radius 2 is 1.41 bits per heavy atom. The van der Waals surface area contributed by atoms with Crippen molar-refractivity contribution in [2.75, 3.05) is 6.54 Å². The number of benzene rings is 3. The lowest BCUT2D eigenvalue weighted by molar-refractivity contribution is -0.141. The van der Waals surface area contributed by atoms with Crippen LogP contribution in [0.3, 0.4) is 0 Å². The standard InChI is InChI=1S/C32H33N5O7/c38-19-35-26(14-20-6-2-1-3-7-20)31(42)37-27(16-22-17-33-25-9-5-4-8-24(22)25)30(41)34-18-29(40)36-28(32(43)44)15-21-10-12-23(39)13-11-21/h1-13,17,19,26-28,33,39H,14-16,18H2,(H,34,41)(H,35,38)(H,36,40)(H,37,42)(H,43,44)/t26-,27?,28?/m0/s1. The first-order valence-electron chi connectivity index (χ1n) is 13.9. The average molecular weight is 600 g/mol. The number of nitrogens with one attached hydrogen (secondary N) is 5. The Kier molecular flexibility index (Phi) is 10.7. The number of rotatable bonds is 15. The molecule has 0 spiro atoms. The van der Waals surface area contributed by atoms with E-state index in [1.807, 2.05) is 54.6 Å². The van der Waals surface area contributed by atoms with E-state index in [0.29, 0.717) is 12.0 Å². The number of amides is 4. The zero-order chi connectivity index (χ0) is 31.5.